The normalized spacial score (nSPS) is 17.9. The van der Waals surface area contributed by atoms with Crippen molar-refractivity contribution in [3.05, 3.63) is 106 Å². The van der Waals surface area contributed by atoms with Crippen LogP contribution in [-0.4, -0.2) is 22.9 Å². The summed E-state index contributed by atoms with van der Waals surface area (Å²) in [5.74, 6) is -0.155. The number of hydrogen-bond donors (Lipinski definition) is 0. The fourth-order valence-corrected chi connectivity index (χ4v) is 4.27. The Labute approximate surface area is 171 Å². The van der Waals surface area contributed by atoms with E-state index >= 15 is 0 Å². The van der Waals surface area contributed by atoms with E-state index in [1.807, 2.05) is 30.3 Å². The molecule has 3 aromatic rings. The molecule has 1 heterocycles. The van der Waals surface area contributed by atoms with Crippen LogP contribution in [0.4, 0.5) is 4.39 Å². The second kappa shape index (κ2) is 8.44. The molecule has 3 aromatic carbocycles. The third-order valence-corrected chi connectivity index (χ3v) is 5.69. The highest BCUT2D eigenvalue weighted by Gasteiger charge is 2.34. The second-order valence-corrected chi connectivity index (χ2v) is 7.82. The Morgan fingerprint density at radius 2 is 1.61 bits per heavy atom. The zero-order valence-electron chi connectivity index (χ0n) is 16.0. The monoisotopic (exact) mass is 394 g/mol. The second-order valence-electron chi connectivity index (χ2n) is 7.42. The van der Waals surface area contributed by atoms with E-state index < -0.39 is 0 Å². The quantitative estimate of drug-likeness (QED) is 0.539. The molecule has 1 atom stereocenters. The van der Waals surface area contributed by atoms with Gasteiger partial charge < -0.3 is 0 Å². The molecule has 0 aliphatic carbocycles. The summed E-state index contributed by atoms with van der Waals surface area (Å²) in [5, 5.41) is 0.752. The van der Waals surface area contributed by atoms with Gasteiger partial charge in [-0.15, -0.1) is 0 Å². The summed E-state index contributed by atoms with van der Waals surface area (Å²) in [6, 6.07) is 23.6. The summed E-state index contributed by atoms with van der Waals surface area (Å²) in [4.78, 5) is 4.74. The van der Waals surface area contributed by atoms with Gasteiger partial charge in [-0.2, -0.15) is 0 Å². The minimum absolute atomic E-state index is 0.0221. The van der Waals surface area contributed by atoms with E-state index in [-0.39, 0.29) is 12.0 Å². The summed E-state index contributed by atoms with van der Waals surface area (Å²) in [7, 11) is 0. The summed E-state index contributed by atoms with van der Waals surface area (Å²) < 4.78 is 14.3. The number of hydrogen-bond acceptors (Lipinski definition) is 2. The number of aryl methyl sites for hydroxylation is 1. The summed E-state index contributed by atoms with van der Waals surface area (Å²) in [6.07, 6.45) is 0.0221. The van der Waals surface area contributed by atoms with E-state index in [0.29, 0.717) is 6.54 Å². The summed E-state index contributed by atoms with van der Waals surface area (Å²) in [5.41, 5.74) is 4.33. The van der Waals surface area contributed by atoms with Gasteiger partial charge in [-0.25, -0.2) is 4.39 Å². The molecular formula is C24H24ClFN2. The Hall–Kier alpha value is -2.20. The maximum absolute atomic E-state index is 14.3. The van der Waals surface area contributed by atoms with Gasteiger partial charge in [-0.05, 0) is 24.6 Å². The van der Waals surface area contributed by atoms with E-state index in [1.54, 1.807) is 6.07 Å². The molecule has 4 rings (SSSR count). The fraction of sp³-hybridized carbons (Fsp3) is 0.250. The Morgan fingerprint density at radius 3 is 2.36 bits per heavy atom. The van der Waals surface area contributed by atoms with Crippen molar-refractivity contribution >= 4 is 11.6 Å². The van der Waals surface area contributed by atoms with Gasteiger partial charge in [0.25, 0.3) is 0 Å². The van der Waals surface area contributed by atoms with Crippen molar-refractivity contribution < 1.29 is 4.39 Å². The first-order valence-corrected chi connectivity index (χ1v) is 10.0. The maximum Gasteiger partial charge on any atom is 0.127 e. The first kappa shape index (κ1) is 19.1. The lowest BCUT2D eigenvalue weighted by molar-refractivity contribution is 0.125. The number of rotatable bonds is 5. The standard InChI is InChI=1S/C24H24ClFN2/c1-18-7-6-8-19(15-18)16-27-13-14-28(17-20-9-2-5-12-23(20)26)24(27)21-10-3-4-11-22(21)25/h2-12,15,24H,13-14,16-17H2,1H3/t24-/m0/s1. The predicted octanol–water partition coefficient (Wildman–Crippen LogP) is 5.80. The van der Waals surface area contributed by atoms with Crippen LogP contribution < -0.4 is 0 Å². The fourth-order valence-electron chi connectivity index (χ4n) is 4.03. The van der Waals surface area contributed by atoms with E-state index in [0.717, 1.165) is 35.8 Å². The van der Waals surface area contributed by atoms with E-state index in [1.165, 1.54) is 17.2 Å². The number of nitrogens with zero attached hydrogens (tertiary/aromatic N) is 2. The topological polar surface area (TPSA) is 6.48 Å². The lowest BCUT2D eigenvalue weighted by atomic mass is 10.1. The van der Waals surface area contributed by atoms with Crippen LogP contribution in [0.5, 0.6) is 0 Å². The average molecular weight is 395 g/mol. The van der Waals surface area contributed by atoms with Crippen LogP contribution in [0.1, 0.15) is 28.4 Å². The molecule has 1 fully saturated rings. The minimum Gasteiger partial charge on any atom is -0.278 e. The molecular weight excluding hydrogens is 371 g/mol. The zero-order chi connectivity index (χ0) is 19.5. The number of halogens is 2. The lowest BCUT2D eigenvalue weighted by Gasteiger charge is -2.31. The molecule has 0 radical (unpaired) electrons. The SMILES string of the molecule is Cc1cccc(CN2CCN(Cc3ccccc3F)[C@H]2c2ccccc2Cl)c1. The van der Waals surface area contributed by atoms with Crippen LogP contribution in [-0.2, 0) is 13.1 Å². The van der Waals surface area contributed by atoms with Crippen molar-refractivity contribution in [1.82, 2.24) is 9.80 Å². The van der Waals surface area contributed by atoms with E-state index in [2.05, 4.69) is 47.1 Å². The van der Waals surface area contributed by atoms with E-state index in [9.17, 15) is 4.39 Å². The third kappa shape index (κ3) is 4.12. The first-order valence-electron chi connectivity index (χ1n) is 9.63. The van der Waals surface area contributed by atoms with Crippen LogP contribution in [0.3, 0.4) is 0 Å². The van der Waals surface area contributed by atoms with Crippen LogP contribution in [0.2, 0.25) is 5.02 Å². The van der Waals surface area contributed by atoms with Gasteiger partial charge in [-0.3, -0.25) is 9.80 Å². The maximum atomic E-state index is 14.3. The highest BCUT2D eigenvalue weighted by molar-refractivity contribution is 6.31. The molecule has 0 aromatic heterocycles. The molecule has 1 saturated heterocycles. The average Bonchev–Trinajstić information content (AvgIpc) is 3.06. The third-order valence-electron chi connectivity index (χ3n) is 5.35. The molecule has 0 N–H and O–H groups in total. The van der Waals surface area contributed by atoms with Crippen LogP contribution in [0, 0.1) is 12.7 Å². The van der Waals surface area contributed by atoms with Crippen molar-refractivity contribution in [1.29, 1.82) is 0 Å². The van der Waals surface area contributed by atoms with Crippen molar-refractivity contribution in [2.75, 3.05) is 13.1 Å². The van der Waals surface area contributed by atoms with Gasteiger partial charge >= 0.3 is 0 Å². The molecule has 0 saturated carbocycles. The van der Waals surface area contributed by atoms with Crippen LogP contribution >= 0.6 is 11.6 Å². The lowest BCUT2D eigenvalue weighted by Crippen LogP contribution is -2.31. The Balaban J connectivity index is 1.65. The number of benzene rings is 3. The highest BCUT2D eigenvalue weighted by Crippen LogP contribution is 2.36. The van der Waals surface area contributed by atoms with E-state index in [4.69, 9.17) is 11.6 Å². The Bertz CT molecular complexity index is 959. The van der Waals surface area contributed by atoms with Crippen molar-refractivity contribution in [3.63, 3.8) is 0 Å². The molecule has 0 bridgehead atoms. The minimum atomic E-state index is -0.155. The van der Waals surface area contributed by atoms with Gasteiger partial charge in [0.2, 0.25) is 0 Å². The van der Waals surface area contributed by atoms with Gasteiger partial charge in [0.05, 0.1) is 6.17 Å². The molecule has 4 heteroatoms. The molecule has 144 valence electrons. The van der Waals surface area contributed by atoms with Crippen molar-refractivity contribution in [2.45, 2.75) is 26.2 Å². The molecule has 1 aliphatic rings. The summed E-state index contributed by atoms with van der Waals surface area (Å²) >= 11 is 6.57. The molecule has 1 aliphatic heterocycles. The Kier molecular flexibility index (Phi) is 5.77. The van der Waals surface area contributed by atoms with Crippen LogP contribution in [0.25, 0.3) is 0 Å². The smallest absolute Gasteiger partial charge is 0.127 e. The summed E-state index contributed by atoms with van der Waals surface area (Å²) in [6.45, 7) is 5.30. The van der Waals surface area contributed by atoms with Gasteiger partial charge in [-0.1, -0.05) is 77.8 Å². The van der Waals surface area contributed by atoms with Gasteiger partial charge in [0.15, 0.2) is 0 Å². The molecule has 0 amide bonds. The van der Waals surface area contributed by atoms with Crippen LogP contribution in [0.15, 0.2) is 72.8 Å². The first-order chi connectivity index (χ1) is 13.6. The molecule has 0 unspecified atom stereocenters. The molecule has 2 nitrogen and oxygen atoms in total. The molecule has 0 spiro atoms. The van der Waals surface area contributed by atoms with Gasteiger partial charge in [0.1, 0.15) is 5.82 Å². The largest absolute Gasteiger partial charge is 0.278 e. The van der Waals surface area contributed by atoms with Crippen molar-refractivity contribution in [3.8, 4) is 0 Å². The zero-order valence-corrected chi connectivity index (χ0v) is 16.7. The molecule has 28 heavy (non-hydrogen) atoms. The predicted molar refractivity (Wildman–Crippen MR) is 113 cm³/mol. The highest BCUT2D eigenvalue weighted by atomic mass is 35.5. The van der Waals surface area contributed by atoms with Gasteiger partial charge in [0, 0.05) is 42.3 Å². The Morgan fingerprint density at radius 1 is 0.893 bits per heavy atom. The van der Waals surface area contributed by atoms with Crippen molar-refractivity contribution in [2.24, 2.45) is 0 Å².